The van der Waals surface area contributed by atoms with Crippen LogP contribution in [0.3, 0.4) is 0 Å². The summed E-state index contributed by atoms with van der Waals surface area (Å²) < 4.78 is 44.4. The van der Waals surface area contributed by atoms with Crippen LogP contribution in [0.5, 0.6) is 5.75 Å². The molecule has 2 rings (SSSR count). The van der Waals surface area contributed by atoms with E-state index in [4.69, 9.17) is 9.84 Å². The molecule has 0 unspecified atom stereocenters. The Morgan fingerprint density at radius 1 is 1.05 bits per heavy atom. The van der Waals surface area contributed by atoms with Gasteiger partial charge in [0.05, 0.1) is 5.56 Å². The molecule has 104 valence electrons. The molecule has 0 heterocycles. The molecule has 1 N–H and O–H groups in total. The summed E-state index contributed by atoms with van der Waals surface area (Å²) in [6.45, 7) is -0.279. The minimum atomic E-state index is -1.29. The van der Waals surface area contributed by atoms with Crippen molar-refractivity contribution in [1.82, 2.24) is 0 Å². The van der Waals surface area contributed by atoms with Gasteiger partial charge in [-0.05, 0) is 35.9 Å². The second-order valence-corrected chi connectivity index (χ2v) is 4.02. The maximum Gasteiger partial charge on any atom is 0.335 e. The maximum absolute atomic E-state index is 13.3. The largest absolute Gasteiger partial charge is 0.486 e. The smallest absolute Gasteiger partial charge is 0.335 e. The molecule has 6 heteroatoms. The number of ether oxygens (including phenoxy) is 1. The highest BCUT2D eigenvalue weighted by atomic mass is 19.1. The summed E-state index contributed by atoms with van der Waals surface area (Å²) in [7, 11) is 0. The Morgan fingerprint density at radius 2 is 1.80 bits per heavy atom. The van der Waals surface area contributed by atoms with Crippen molar-refractivity contribution in [3.63, 3.8) is 0 Å². The average molecular weight is 282 g/mol. The Morgan fingerprint density at radius 3 is 2.50 bits per heavy atom. The summed E-state index contributed by atoms with van der Waals surface area (Å²) in [5.74, 6) is -3.80. The van der Waals surface area contributed by atoms with Crippen molar-refractivity contribution >= 4 is 5.97 Å². The molecule has 0 aromatic heterocycles. The van der Waals surface area contributed by atoms with Gasteiger partial charge in [0.25, 0.3) is 0 Å². The number of aromatic carboxylic acids is 1. The van der Waals surface area contributed by atoms with Gasteiger partial charge in [0.15, 0.2) is 11.6 Å². The molecule has 0 spiro atoms. The minimum absolute atomic E-state index is 0.200. The molecule has 0 aliphatic heterocycles. The van der Waals surface area contributed by atoms with E-state index in [0.29, 0.717) is 0 Å². The van der Waals surface area contributed by atoms with Crippen molar-refractivity contribution in [2.75, 3.05) is 0 Å². The molecular weight excluding hydrogens is 273 g/mol. The Balaban J connectivity index is 2.18. The predicted molar refractivity (Wildman–Crippen MR) is 64.0 cm³/mol. The van der Waals surface area contributed by atoms with E-state index in [2.05, 4.69) is 0 Å². The lowest BCUT2D eigenvalue weighted by Gasteiger charge is -2.08. The van der Waals surface area contributed by atoms with Gasteiger partial charge in [-0.2, -0.15) is 0 Å². The zero-order valence-corrected chi connectivity index (χ0v) is 10.1. The summed E-state index contributed by atoms with van der Waals surface area (Å²) in [6, 6.07) is 5.80. The summed E-state index contributed by atoms with van der Waals surface area (Å²) in [5.41, 5.74) is -0.0469. The zero-order chi connectivity index (χ0) is 14.7. The highest BCUT2D eigenvalue weighted by molar-refractivity contribution is 5.87. The SMILES string of the molecule is O=C(O)c1cc(F)cc(COc2cc(F)ccc2F)c1. The van der Waals surface area contributed by atoms with E-state index < -0.39 is 23.4 Å². The Bertz CT molecular complexity index is 656. The third-order valence-corrected chi connectivity index (χ3v) is 2.49. The lowest BCUT2D eigenvalue weighted by atomic mass is 10.1. The van der Waals surface area contributed by atoms with Crippen LogP contribution in [0.25, 0.3) is 0 Å². The monoisotopic (exact) mass is 282 g/mol. The number of hydrogen-bond donors (Lipinski definition) is 1. The molecule has 0 atom stereocenters. The van der Waals surface area contributed by atoms with Crippen molar-refractivity contribution < 1.29 is 27.8 Å². The summed E-state index contributed by atoms with van der Waals surface area (Å²) in [5, 5.41) is 8.78. The normalized spacial score (nSPS) is 10.3. The number of rotatable bonds is 4. The molecule has 2 aromatic rings. The highest BCUT2D eigenvalue weighted by Gasteiger charge is 2.09. The first-order valence-corrected chi connectivity index (χ1v) is 5.56. The van der Waals surface area contributed by atoms with Crippen molar-refractivity contribution in [1.29, 1.82) is 0 Å². The van der Waals surface area contributed by atoms with Crippen LogP contribution in [-0.4, -0.2) is 11.1 Å². The van der Waals surface area contributed by atoms with Gasteiger partial charge in [-0.15, -0.1) is 0 Å². The molecule has 0 aliphatic rings. The fourth-order valence-corrected chi connectivity index (χ4v) is 1.61. The van der Waals surface area contributed by atoms with Crippen LogP contribution < -0.4 is 4.74 Å². The van der Waals surface area contributed by atoms with Crippen molar-refractivity contribution in [2.24, 2.45) is 0 Å². The zero-order valence-electron chi connectivity index (χ0n) is 10.1. The molecule has 0 aliphatic carbocycles. The molecule has 0 radical (unpaired) electrons. The predicted octanol–water partition coefficient (Wildman–Crippen LogP) is 3.38. The van der Waals surface area contributed by atoms with Gasteiger partial charge in [0.1, 0.15) is 18.2 Å². The third-order valence-electron chi connectivity index (χ3n) is 2.49. The van der Waals surface area contributed by atoms with Crippen LogP contribution in [0.1, 0.15) is 15.9 Å². The summed E-state index contributed by atoms with van der Waals surface area (Å²) in [6.07, 6.45) is 0. The van der Waals surface area contributed by atoms with E-state index in [-0.39, 0.29) is 23.5 Å². The average Bonchev–Trinajstić information content (AvgIpc) is 2.39. The molecule has 0 bridgehead atoms. The Kier molecular flexibility index (Phi) is 3.93. The number of carboxylic acid groups (broad SMARTS) is 1. The van der Waals surface area contributed by atoms with Crippen molar-refractivity contribution in [3.05, 3.63) is 65.0 Å². The van der Waals surface area contributed by atoms with Gasteiger partial charge in [-0.1, -0.05) is 0 Å². The van der Waals surface area contributed by atoms with E-state index in [9.17, 15) is 18.0 Å². The Labute approximate surface area is 112 Å². The lowest BCUT2D eigenvalue weighted by molar-refractivity contribution is 0.0696. The molecule has 2 aromatic carbocycles. The fraction of sp³-hybridized carbons (Fsp3) is 0.0714. The second-order valence-electron chi connectivity index (χ2n) is 4.02. The van der Waals surface area contributed by atoms with Gasteiger partial charge >= 0.3 is 5.97 Å². The topological polar surface area (TPSA) is 46.5 Å². The van der Waals surface area contributed by atoms with E-state index in [1.165, 1.54) is 6.07 Å². The summed E-state index contributed by atoms with van der Waals surface area (Å²) >= 11 is 0. The number of benzene rings is 2. The van der Waals surface area contributed by atoms with Crippen LogP contribution in [0.15, 0.2) is 36.4 Å². The molecule has 0 saturated carbocycles. The van der Waals surface area contributed by atoms with Gasteiger partial charge in [-0.25, -0.2) is 18.0 Å². The van der Waals surface area contributed by atoms with E-state index in [0.717, 1.165) is 30.3 Å². The van der Waals surface area contributed by atoms with Crippen molar-refractivity contribution in [3.8, 4) is 5.75 Å². The first kappa shape index (κ1) is 13.9. The van der Waals surface area contributed by atoms with Gasteiger partial charge in [0, 0.05) is 6.07 Å². The second kappa shape index (κ2) is 5.64. The number of carbonyl (C=O) groups is 1. The molecular formula is C14H9F3O3. The molecule has 3 nitrogen and oxygen atoms in total. The first-order valence-electron chi connectivity index (χ1n) is 5.56. The van der Waals surface area contributed by atoms with Gasteiger partial charge < -0.3 is 9.84 Å². The van der Waals surface area contributed by atoms with Gasteiger partial charge in [-0.3, -0.25) is 0 Å². The molecule has 0 amide bonds. The van der Waals surface area contributed by atoms with E-state index in [1.54, 1.807) is 0 Å². The minimum Gasteiger partial charge on any atom is -0.486 e. The standard InChI is InChI=1S/C14H9F3O3/c15-10-1-2-12(17)13(6-10)20-7-8-3-9(14(18)19)5-11(16)4-8/h1-6H,7H2,(H,18,19). The van der Waals surface area contributed by atoms with Gasteiger partial charge in [0.2, 0.25) is 0 Å². The highest BCUT2D eigenvalue weighted by Crippen LogP contribution is 2.20. The van der Waals surface area contributed by atoms with Crippen LogP contribution in [0.2, 0.25) is 0 Å². The number of halogens is 3. The molecule has 20 heavy (non-hydrogen) atoms. The Hall–Kier alpha value is -2.50. The number of carboxylic acids is 1. The van der Waals surface area contributed by atoms with Crippen LogP contribution in [0.4, 0.5) is 13.2 Å². The third kappa shape index (κ3) is 3.28. The first-order chi connectivity index (χ1) is 9.45. The lowest BCUT2D eigenvalue weighted by Crippen LogP contribution is -2.03. The van der Waals surface area contributed by atoms with E-state index in [1.807, 2.05) is 0 Å². The fourth-order valence-electron chi connectivity index (χ4n) is 1.61. The van der Waals surface area contributed by atoms with Crippen LogP contribution >= 0.6 is 0 Å². The van der Waals surface area contributed by atoms with Crippen molar-refractivity contribution in [2.45, 2.75) is 6.61 Å². The maximum atomic E-state index is 13.3. The van der Waals surface area contributed by atoms with E-state index >= 15 is 0 Å². The number of hydrogen-bond acceptors (Lipinski definition) is 2. The van der Waals surface area contributed by atoms with Crippen LogP contribution in [0, 0.1) is 17.5 Å². The summed E-state index contributed by atoms with van der Waals surface area (Å²) in [4.78, 5) is 10.8. The quantitative estimate of drug-likeness (QED) is 0.935. The molecule has 0 saturated heterocycles. The van der Waals surface area contributed by atoms with Crippen LogP contribution in [-0.2, 0) is 6.61 Å². The molecule has 0 fully saturated rings.